The smallest absolute Gasteiger partial charge is 0.0621 e. The molecule has 0 atom stereocenters. The van der Waals surface area contributed by atoms with Crippen molar-refractivity contribution in [2.24, 2.45) is 0 Å². The third-order valence-corrected chi connectivity index (χ3v) is 2.17. The molecule has 0 aliphatic heterocycles. The maximum absolute atomic E-state index is 5.79. The normalized spacial score (nSPS) is 10.0. The summed E-state index contributed by atoms with van der Waals surface area (Å²) in [4.78, 5) is 0. The quantitative estimate of drug-likeness (QED) is 0.564. The van der Waals surface area contributed by atoms with Crippen molar-refractivity contribution in [2.75, 3.05) is 0 Å². The molecule has 0 bridgehead atoms. The van der Waals surface area contributed by atoms with Crippen molar-refractivity contribution in [1.82, 2.24) is 0 Å². The first-order chi connectivity index (χ1) is 4.61. The Kier molecular flexibility index (Phi) is 2.22. The van der Waals surface area contributed by atoms with Gasteiger partial charge in [-0.25, -0.2) is 0 Å². The van der Waals surface area contributed by atoms with Crippen LogP contribution in [0, 0.1) is 13.8 Å². The van der Waals surface area contributed by atoms with Crippen LogP contribution in [-0.2, 0) is 0 Å². The fraction of sp³-hybridized carbons (Fsp3) is 0.125. The zero-order chi connectivity index (χ0) is 7.72. The predicted molar refractivity (Wildman–Crippen MR) is 45.7 cm³/mol. The van der Waals surface area contributed by atoms with Crippen LogP contribution in [0.15, 0.2) is 12.1 Å². The number of hydrogen-bond donors (Lipinski definition) is 0. The van der Waals surface area contributed by atoms with Gasteiger partial charge in [0, 0.05) is 0 Å². The van der Waals surface area contributed by atoms with Crippen LogP contribution >= 0.6 is 23.2 Å². The minimum atomic E-state index is 0.576. The number of rotatable bonds is 0. The summed E-state index contributed by atoms with van der Waals surface area (Å²) in [6.45, 7) is 5.65. The van der Waals surface area contributed by atoms with E-state index < -0.39 is 0 Å². The first kappa shape index (κ1) is 7.90. The van der Waals surface area contributed by atoms with Gasteiger partial charge in [0.05, 0.1) is 10.0 Å². The van der Waals surface area contributed by atoms with E-state index in [-0.39, 0.29) is 0 Å². The molecule has 1 aromatic rings. The molecule has 0 fully saturated rings. The summed E-state index contributed by atoms with van der Waals surface area (Å²) in [5.41, 5.74) is 1.87. The van der Waals surface area contributed by atoms with Gasteiger partial charge >= 0.3 is 0 Å². The lowest BCUT2D eigenvalue weighted by Gasteiger charge is -2.00. The van der Waals surface area contributed by atoms with Gasteiger partial charge in [0.2, 0.25) is 0 Å². The topological polar surface area (TPSA) is 0 Å². The number of benzene rings is 1. The molecule has 1 aromatic carbocycles. The van der Waals surface area contributed by atoms with Crippen molar-refractivity contribution in [3.05, 3.63) is 40.2 Å². The van der Waals surface area contributed by atoms with Gasteiger partial charge in [-0.2, -0.15) is 0 Å². The molecule has 1 radical (unpaired) electrons. The van der Waals surface area contributed by atoms with Crippen LogP contribution in [0.2, 0.25) is 10.0 Å². The first-order valence-corrected chi connectivity index (χ1v) is 3.64. The molecule has 0 amide bonds. The Bertz CT molecular complexity index is 230. The fourth-order valence-electron chi connectivity index (χ4n) is 0.798. The highest BCUT2D eigenvalue weighted by molar-refractivity contribution is 6.42. The zero-order valence-corrected chi connectivity index (χ0v) is 7.13. The molecule has 2 heteroatoms. The van der Waals surface area contributed by atoms with E-state index in [1.165, 1.54) is 0 Å². The largest absolute Gasteiger partial charge is 0.0827 e. The molecule has 0 aliphatic rings. The molecule has 0 unspecified atom stereocenters. The van der Waals surface area contributed by atoms with Crippen molar-refractivity contribution in [1.29, 1.82) is 0 Å². The first-order valence-electron chi connectivity index (χ1n) is 2.89. The van der Waals surface area contributed by atoms with Crippen molar-refractivity contribution >= 4 is 23.2 Å². The highest BCUT2D eigenvalue weighted by Gasteiger charge is 2.00. The van der Waals surface area contributed by atoms with Crippen LogP contribution in [0.1, 0.15) is 11.1 Å². The number of aryl methyl sites for hydroxylation is 1. The Morgan fingerprint density at radius 2 is 1.90 bits per heavy atom. The summed E-state index contributed by atoms with van der Waals surface area (Å²) in [6, 6.07) is 3.64. The molecule has 0 spiro atoms. The SMILES string of the molecule is [CH2]c1cc(C)c(Cl)c(Cl)c1. The average Bonchev–Trinajstić information content (AvgIpc) is 1.82. The zero-order valence-electron chi connectivity index (χ0n) is 5.62. The molecule has 0 aromatic heterocycles. The lowest BCUT2D eigenvalue weighted by Crippen LogP contribution is -1.79. The summed E-state index contributed by atoms with van der Waals surface area (Å²) in [5.74, 6) is 0. The molecular formula is C8H7Cl2. The van der Waals surface area contributed by atoms with Crippen molar-refractivity contribution < 1.29 is 0 Å². The van der Waals surface area contributed by atoms with Gasteiger partial charge in [-0.1, -0.05) is 29.3 Å². The van der Waals surface area contributed by atoms with Crippen LogP contribution < -0.4 is 0 Å². The molecule has 0 heterocycles. The second kappa shape index (κ2) is 2.81. The summed E-state index contributed by atoms with van der Waals surface area (Å²) in [7, 11) is 0. The van der Waals surface area contributed by atoms with E-state index in [0.717, 1.165) is 11.1 Å². The summed E-state index contributed by atoms with van der Waals surface area (Å²) in [6.07, 6.45) is 0. The van der Waals surface area contributed by atoms with Crippen LogP contribution in [0.4, 0.5) is 0 Å². The van der Waals surface area contributed by atoms with Crippen molar-refractivity contribution in [2.45, 2.75) is 6.92 Å². The maximum Gasteiger partial charge on any atom is 0.0621 e. The molecule has 0 saturated heterocycles. The second-order valence-corrected chi connectivity index (χ2v) is 2.99. The number of hydrogen-bond acceptors (Lipinski definition) is 0. The molecule has 0 aliphatic carbocycles. The Balaban J connectivity index is 3.31. The van der Waals surface area contributed by atoms with Crippen LogP contribution in [0.3, 0.4) is 0 Å². The van der Waals surface area contributed by atoms with Gasteiger partial charge in [0.1, 0.15) is 0 Å². The van der Waals surface area contributed by atoms with Crippen LogP contribution in [0.25, 0.3) is 0 Å². The Morgan fingerprint density at radius 1 is 1.30 bits per heavy atom. The summed E-state index contributed by atoms with van der Waals surface area (Å²) in [5, 5.41) is 1.20. The second-order valence-electron chi connectivity index (χ2n) is 2.21. The maximum atomic E-state index is 5.79. The summed E-state index contributed by atoms with van der Waals surface area (Å²) < 4.78 is 0. The Morgan fingerprint density at radius 3 is 2.40 bits per heavy atom. The lowest BCUT2D eigenvalue weighted by atomic mass is 10.2. The molecule has 0 N–H and O–H groups in total. The highest BCUT2D eigenvalue weighted by atomic mass is 35.5. The standard InChI is InChI=1S/C8H7Cl2/c1-5-3-6(2)8(10)7(9)4-5/h3-4H,1H2,2H3. The highest BCUT2D eigenvalue weighted by Crippen LogP contribution is 2.26. The van der Waals surface area contributed by atoms with E-state index in [4.69, 9.17) is 23.2 Å². The Labute approximate surface area is 70.8 Å². The van der Waals surface area contributed by atoms with Crippen molar-refractivity contribution in [3.63, 3.8) is 0 Å². The lowest BCUT2D eigenvalue weighted by molar-refractivity contribution is 1.44. The fourth-order valence-corrected chi connectivity index (χ4v) is 1.20. The third-order valence-electron chi connectivity index (χ3n) is 1.27. The van der Waals surface area contributed by atoms with Crippen LogP contribution in [0.5, 0.6) is 0 Å². The van der Waals surface area contributed by atoms with E-state index in [9.17, 15) is 0 Å². The minimum absolute atomic E-state index is 0.576. The van der Waals surface area contributed by atoms with E-state index in [1.807, 2.05) is 13.0 Å². The van der Waals surface area contributed by atoms with Gasteiger partial charge in [0.15, 0.2) is 0 Å². The minimum Gasteiger partial charge on any atom is -0.0827 e. The van der Waals surface area contributed by atoms with Gasteiger partial charge in [-0.15, -0.1) is 0 Å². The van der Waals surface area contributed by atoms with Gasteiger partial charge < -0.3 is 0 Å². The molecule has 10 heavy (non-hydrogen) atoms. The predicted octanol–water partition coefficient (Wildman–Crippen LogP) is 3.48. The van der Waals surface area contributed by atoms with Crippen molar-refractivity contribution in [3.8, 4) is 0 Å². The third kappa shape index (κ3) is 1.44. The molecular weight excluding hydrogens is 167 g/mol. The summed E-state index contributed by atoms with van der Waals surface area (Å²) >= 11 is 11.5. The van der Waals surface area contributed by atoms with E-state index >= 15 is 0 Å². The van der Waals surface area contributed by atoms with E-state index in [0.29, 0.717) is 10.0 Å². The molecule has 0 nitrogen and oxygen atoms in total. The van der Waals surface area contributed by atoms with Gasteiger partial charge in [-0.05, 0) is 31.0 Å². The molecule has 1 rings (SSSR count). The van der Waals surface area contributed by atoms with E-state index in [1.54, 1.807) is 6.07 Å². The van der Waals surface area contributed by atoms with Gasteiger partial charge in [-0.3, -0.25) is 0 Å². The molecule has 0 saturated carbocycles. The van der Waals surface area contributed by atoms with Gasteiger partial charge in [0.25, 0.3) is 0 Å². The average molecular weight is 174 g/mol. The van der Waals surface area contributed by atoms with Crippen LogP contribution in [-0.4, -0.2) is 0 Å². The monoisotopic (exact) mass is 173 g/mol. The molecule has 53 valence electrons. The Hall–Kier alpha value is -0.200. The number of halogens is 2. The van der Waals surface area contributed by atoms with E-state index in [2.05, 4.69) is 6.92 Å².